The number of aromatic nitrogens is 1. The molecule has 1 fully saturated rings. The molecular formula is C14H22N2O4S. The quantitative estimate of drug-likeness (QED) is 0.836. The molecule has 1 aromatic heterocycles. The van der Waals surface area contributed by atoms with Crippen LogP contribution in [0.4, 0.5) is 0 Å². The molecule has 6 nitrogen and oxygen atoms in total. The maximum atomic E-state index is 12.0. The Bertz CT molecular complexity index is 572. The van der Waals surface area contributed by atoms with Crippen LogP contribution in [0.2, 0.25) is 0 Å². The Morgan fingerprint density at radius 2 is 2.00 bits per heavy atom. The lowest BCUT2D eigenvalue weighted by Gasteiger charge is -2.16. The van der Waals surface area contributed by atoms with Crippen LogP contribution in [-0.4, -0.2) is 31.3 Å². The highest BCUT2D eigenvalue weighted by Gasteiger charge is 2.22. The van der Waals surface area contributed by atoms with Crippen LogP contribution in [0.3, 0.4) is 0 Å². The predicted octanol–water partition coefficient (Wildman–Crippen LogP) is 1.74. The Labute approximate surface area is 125 Å². The summed E-state index contributed by atoms with van der Waals surface area (Å²) < 4.78 is 28.8. The molecule has 1 saturated carbocycles. The molecule has 1 aliphatic carbocycles. The number of carbonyl (C=O) groups excluding carboxylic acids is 1. The zero-order valence-corrected chi connectivity index (χ0v) is 13.1. The topological polar surface area (TPSA) is 89.3 Å². The van der Waals surface area contributed by atoms with Crippen molar-refractivity contribution in [2.24, 2.45) is 0 Å². The molecule has 1 aliphatic rings. The monoisotopic (exact) mass is 314 g/mol. The first-order chi connectivity index (χ1) is 9.94. The molecule has 118 valence electrons. The summed E-state index contributed by atoms with van der Waals surface area (Å²) >= 11 is 0. The van der Waals surface area contributed by atoms with Crippen LogP contribution in [-0.2, 0) is 20.4 Å². The molecule has 1 heterocycles. The lowest BCUT2D eigenvalue weighted by molar-refractivity contribution is -0.119. The summed E-state index contributed by atoms with van der Waals surface area (Å²) in [6.45, 7) is 1.70. The van der Waals surface area contributed by atoms with Crippen LogP contribution in [0.25, 0.3) is 0 Å². The van der Waals surface area contributed by atoms with E-state index in [2.05, 4.69) is 10.5 Å². The first-order valence-corrected chi connectivity index (χ1v) is 9.19. The maximum absolute atomic E-state index is 12.0. The van der Waals surface area contributed by atoms with Gasteiger partial charge in [0.15, 0.2) is 9.84 Å². The zero-order chi connectivity index (χ0) is 15.3. The van der Waals surface area contributed by atoms with Crippen molar-refractivity contribution in [1.82, 2.24) is 10.5 Å². The van der Waals surface area contributed by atoms with E-state index >= 15 is 0 Å². The minimum Gasteiger partial charge on any atom is -0.361 e. The molecule has 1 N–H and O–H groups in total. The molecule has 1 amide bonds. The van der Waals surface area contributed by atoms with Crippen molar-refractivity contribution in [3.05, 3.63) is 17.5 Å². The minimum absolute atomic E-state index is 0.115. The highest BCUT2D eigenvalue weighted by Crippen LogP contribution is 2.17. The molecule has 0 bridgehead atoms. The lowest BCUT2D eigenvalue weighted by atomic mass is 10.1. The number of hydrogen-bond acceptors (Lipinski definition) is 5. The van der Waals surface area contributed by atoms with Crippen LogP contribution in [0.5, 0.6) is 0 Å². The smallest absolute Gasteiger partial charge is 0.235 e. The number of rotatable bonds is 5. The van der Waals surface area contributed by atoms with E-state index in [1.807, 2.05) is 0 Å². The third kappa shape index (κ3) is 5.49. The number of hydrogen-bond donors (Lipinski definition) is 1. The summed E-state index contributed by atoms with van der Waals surface area (Å²) in [6.07, 6.45) is 6.45. The van der Waals surface area contributed by atoms with E-state index in [0.717, 1.165) is 25.7 Å². The zero-order valence-electron chi connectivity index (χ0n) is 12.3. The van der Waals surface area contributed by atoms with Gasteiger partial charge in [0.05, 0.1) is 11.4 Å². The fourth-order valence-corrected chi connectivity index (χ4v) is 3.83. The molecule has 0 saturated heterocycles. The third-order valence-corrected chi connectivity index (χ3v) is 5.05. The Morgan fingerprint density at radius 3 is 2.57 bits per heavy atom. The minimum atomic E-state index is -3.51. The highest BCUT2D eigenvalue weighted by atomic mass is 32.2. The number of aryl methyl sites for hydroxylation is 1. The van der Waals surface area contributed by atoms with Gasteiger partial charge in [-0.2, -0.15) is 0 Å². The Kier molecular flexibility index (Phi) is 5.39. The average Bonchev–Trinajstić information content (AvgIpc) is 2.62. The second-order valence-corrected chi connectivity index (χ2v) is 7.78. The van der Waals surface area contributed by atoms with Gasteiger partial charge < -0.3 is 9.84 Å². The van der Waals surface area contributed by atoms with Crippen LogP contribution in [0.1, 0.15) is 50.0 Å². The number of nitrogens with zero attached hydrogens (tertiary/aromatic N) is 1. The van der Waals surface area contributed by atoms with Gasteiger partial charge in [0.1, 0.15) is 11.5 Å². The SMILES string of the molecule is Cc1cc(CS(=O)(=O)CC(=O)NC2CCCCCC2)no1. The molecule has 21 heavy (non-hydrogen) atoms. The fourth-order valence-electron chi connectivity index (χ4n) is 2.66. The van der Waals surface area contributed by atoms with Crippen molar-refractivity contribution in [1.29, 1.82) is 0 Å². The Balaban J connectivity index is 1.85. The standard InChI is InChI=1S/C14H22N2O4S/c1-11-8-13(16-20-11)9-21(18,19)10-14(17)15-12-6-4-2-3-5-7-12/h8,12H,2-7,9-10H2,1H3,(H,15,17). The normalized spacial score (nSPS) is 17.4. The third-order valence-electron chi connectivity index (χ3n) is 3.62. The van der Waals surface area contributed by atoms with Crippen LogP contribution in [0.15, 0.2) is 10.6 Å². The molecule has 2 rings (SSSR count). The second-order valence-electron chi connectivity index (χ2n) is 5.72. The number of amides is 1. The molecule has 0 aliphatic heterocycles. The number of sulfone groups is 1. The van der Waals surface area contributed by atoms with Gasteiger partial charge in [0.25, 0.3) is 0 Å². The first kappa shape index (κ1) is 16.0. The van der Waals surface area contributed by atoms with Crippen molar-refractivity contribution in [3.63, 3.8) is 0 Å². The molecular weight excluding hydrogens is 292 g/mol. The molecule has 0 radical (unpaired) electrons. The molecule has 7 heteroatoms. The molecule has 1 aromatic rings. The first-order valence-electron chi connectivity index (χ1n) is 7.36. The van der Waals surface area contributed by atoms with Gasteiger partial charge in [-0.05, 0) is 19.8 Å². The van der Waals surface area contributed by atoms with Crippen molar-refractivity contribution in [3.8, 4) is 0 Å². The van der Waals surface area contributed by atoms with Crippen LogP contribution >= 0.6 is 0 Å². The summed E-state index contributed by atoms with van der Waals surface area (Å²) in [5, 5.41) is 6.49. The van der Waals surface area contributed by atoms with Gasteiger partial charge >= 0.3 is 0 Å². The summed E-state index contributed by atoms with van der Waals surface area (Å²) in [6, 6.07) is 1.69. The van der Waals surface area contributed by atoms with E-state index in [1.54, 1.807) is 13.0 Å². The van der Waals surface area contributed by atoms with Gasteiger partial charge in [-0.1, -0.05) is 30.8 Å². The van der Waals surface area contributed by atoms with Gasteiger partial charge in [-0.25, -0.2) is 8.42 Å². The Hall–Kier alpha value is -1.37. The van der Waals surface area contributed by atoms with Gasteiger partial charge in [-0.15, -0.1) is 0 Å². The van der Waals surface area contributed by atoms with Crippen molar-refractivity contribution < 1.29 is 17.7 Å². The van der Waals surface area contributed by atoms with E-state index in [-0.39, 0.29) is 11.8 Å². The van der Waals surface area contributed by atoms with Crippen LogP contribution < -0.4 is 5.32 Å². The van der Waals surface area contributed by atoms with E-state index in [4.69, 9.17) is 4.52 Å². The molecule has 0 atom stereocenters. The summed E-state index contributed by atoms with van der Waals surface area (Å²) in [5.41, 5.74) is 0.342. The summed E-state index contributed by atoms with van der Waals surface area (Å²) in [4.78, 5) is 11.9. The van der Waals surface area contributed by atoms with Crippen molar-refractivity contribution in [2.45, 2.75) is 57.2 Å². The largest absolute Gasteiger partial charge is 0.361 e. The predicted molar refractivity (Wildman–Crippen MR) is 78.4 cm³/mol. The highest BCUT2D eigenvalue weighted by molar-refractivity contribution is 7.91. The molecule has 0 spiro atoms. The lowest BCUT2D eigenvalue weighted by Crippen LogP contribution is -2.38. The maximum Gasteiger partial charge on any atom is 0.235 e. The van der Waals surface area contributed by atoms with Crippen molar-refractivity contribution >= 4 is 15.7 Å². The second kappa shape index (κ2) is 7.06. The van der Waals surface area contributed by atoms with E-state index < -0.39 is 21.5 Å². The van der Waals surface area contributed by atoms with Crippen molar-refractivity contribution in [2.75, 3.05) is 5.75 Å². The molecule has 0 unspecified atom stereocenters. The van der Waals surface area contributed by atoms with E-state index in [1.165, 1.54) is 12.8 Å². The Morgan fingerprint density at radius 1 is 1.33 bits per heavy atom. The number of nitrogens with one attached hydrogen (secondary N) is 1. The van der Waals surface area contributed by atoms with Gasteiger partial charge in [0, 0.05) is 12.1 Å². The number of carbonyl (C=O) groups is 1. The van der Waals surface area contributed by atoms with Crippen LogP contribution in [0, 0.1) is 6.92 Å². The van der Waals surface area contributed by atoms with E-state index in [0.29, 0.717) is 11.5 Å². The van der Waals surface area contributed by atoms with E-state index in [9.17, 15) is 13.2 Å². The summed E-state index contributed by atoms with van der Waals surface area (Å²) in [5.74, 6) is -0.608. The summed E-state index contributed by atoms with van der Waals surface area (Å²) in [7, 11) is -3.51. The molecule has 0 aromatic carbocycles. The van der Waals surface area contributed by atoms with Gasteiger partial charge in [-0.3, -0.25) is 4.79 Å². The fraction of sp³-hybridized carbons (Fsp3) is 0.714. The van der Waals surface area contributed by atoms with Gasteiger partial charge in [0.2, 0.25) is 5.91 Å². The average molecular weight is 314 g/mol.